The number of nitrogens with zero attached hydrogens (tertiary/aromatic N) is 4. The average molecular weight is 310 g/mol. The third kappa shape index (κ3) is 2.76. The third-order valence-corrected chi connectivity index (χ3v) is 5.03. The van der Waals surface area contributed by atoms with Crippen molar-refractivity contribution < 1.29 is 4.79 Å². The fourth-order valence-corrected chi connectivity index (χ4v) is 3.32. The zero-order chi connectivity index (χ0) is 16.0. The maximum absolute atomic E-state index is 12.6. The van der Waals surface area contributed by atoms with E-state index in [4.69, 9.17) is 0 Å². The van der Waals surface area contributed by atoms with Gasteiger partial charge in [0.05, 0.1) is 6.54 Å². The summed E-state index contributed by atoms with van der Waals surface area (Å²) in [5.41, 5.74) is 1.27. The van der Waals surface area contributed by atoms with Gasteiger partial charge in [0, 0.05) is 25.9 Å². The average Bonchev–Trinajstić information content (AvgIpc) is 3.48. The van der Waals surface area contributed by atoms with Gasteiger partial charge in [0.15, 0.2) is 5.82 Å². The van der Waals surface area contributed by atoms with Crippen LogP contribution in [0.1, 0.15) is 48.3 Å². The van der Waals surface area contributed by atoms with E-state index >= 15 is 0 Å². The van der Waals surface area contributed by atoms with Crippen LogP contribution in [-0.2, 0) is 18.4 Å². The lowest BCUT2D eigenvalue weighted by Crippen LogP contribution is -2.29. The molecular formula is C18H22N4O. The molecule has 2 fully saturated rings. The quantitative estimate of drug-likeness (QED) is 0.852. The second kappa shape index (κ2) is 5.48. The molecule has 120 valence electrons. The highest BCUT2D eigenvalue weighted by Gasteiger charge is 2.45. The summed E-state index contributed by atoms with van der Waals surface area (Å²) in [6.45, 7) is 0.535. The fourth-order valence-electron chi connectivity index (χ4n) is 3.32. The van der Waals surface area contributed by atoms with E-state index in [0.717, 1.165) is 18.1 Å². The standard InChI is InChI=1S/C18H22N4O/c1-21(11-16-19-20-17(22(16)2)13-8-9-13)18(23)15-10-14(15)12-6-4-3-5-7-12/h3-7,13-15H,8-11H2,1-2H3/t14-,15+/m1/s1. The fraction of sp³-hybridized carbons (Fsp3) is 0.500. The molecule has 0 radical (unpaired) electrons. The highest BCUT2D eigenvalue weighted by Crippen LogP contribution is 2.48. The zero-order valence-electron chi connectivity index (χ0n) is 13.6. The Labute approximate surface area is 136 Å². The topological polar surface area (TPSA) is 51.0 Å². The number of carbonyl (C=O) groups is 1. The molecule has 5 nitrogen and oxygen atoms in total. The Morgan fingerprint density at radius 1 is 1.26 bits per heavy atom. The smallest absolute Gasteiger partial charge is 0.226 e. The summed E-state index contributed by atoms with van der Waals surface area (Å²) < 4.78 is 2.06. The number of benzene rings is 1. The summed E-state index contributed by atoms with van der Waals surface area (Å²) in [4.78, 5) is 14.4. The van der Waals surface area contributed by atoms with Crippen LogP contribution in [0.4, 0.5) is 0 Å². The maximum Gasteiger partial charge on any atom is 0.226 e. The Hall–Kier alpha value is -2.17. The molecular weight excluding hydrogens is 288 g/mol. The number of amides is 1. The molecule has 2 aromatic rings. The van der Waals surface area contributed by atoms with Crippen LogP contribution in [0.5, 0.6) is 0 Å². The lowest BCUT2D eigenvalue weighted by Gasteiger charge is -2.17. The molecule has 23 heavy (non-hydrogen) atoms. The van der Waals surface area contributed by atoms with E-state index in [2.05, 4.69) is 26.9 Å². The lowest BCUT2D eigenvalue weighted by molar-refractivity contribution is -0.132. The summed E-state index contributed by atoms with van der Waals surface area (Å²) >= 11 is 0. The molecule has 2 saturated carbocycles. The van der Waals surface area contributed by atoms with E-state index < -0.39 is 0 Å². The summed E-state index contributed by atoms with van der Waals surface area (Å²) in [6.07, 6.45) is 3.38. The van der Waals surface area contributed by atoms with E-state index in [-0.39, 0.29) is 11.8 Å². The minimum absolute atomic E-state index is 0.124. The number of hydrogen-bond donors (Lipinski definition) is 0. The summed E-state index contributed by atoms with van der Waals surface area (Å²) in [5, 5.41) is 8.56. The Bertz CT molecular complexity index is 720. The molecule has 0 N–H and O–H groups in total. The second-order valence-electron chi connectivity index (χ2n) is 6.86. The number of rotatable bonds is 5. The predicted molar refractivity (Wildman–Crippen MR) is 86.7 cm³/mol. The van der Waals surface area contributed by atoms with Crippen molar-refractivity contribution in [3.8, 4) is 0 Å². The molecule has 0 unspecified atom stereocenters. The van der Waals surface area contributed by atoms with Crippen LogP contribution < -0.4 is 0 Å². The van der Waals surface area contributed by atoms with Gasteiger partial charge in [-0.15, -0.1) is 10.2 Å². The van der Waals surface area contributed by atoms with Gasteiger partial charge in [-0.25, -0.2) is 0 Å². The van der Waals surface area contributed by atoms with E-state index in [0.29, 0.717) is 18.4 Å². The Kier molecular flexibility index (Phi) is 3.43. The normalized spacial score (nSPS) is 22.9. The van der Waals surface area contributed by atoms with Gasteiger partial charge in [0.1, 0.15) is 5.82 Å². The monoisotopic (exact) mass is 310 g/mol. The van der Waals surface area contributed by atoms with Crippen LogP contribution in [0.25, 0.3) is 0 Å². The molecule has 0 aliphatic heterocycles. The summed E-state index contributed by atoms with van der Waals surface area (Å²) in [7, 11) is 3.87. The van der Waals surface area contributed by atoms with E-state index in [1.807, 2.05) is 32.3 Å². The van der Waals surface area contributed by atoms with Crippen molar-refractivity contribution in [3.63, 3.8) is 0 Å². The molecule has 2 aliphatic rings. The molecule has 1 heterocycles. The van der Waals surface area contributed by atoms with Crippen molar-refractivity contribution in [1.29, 1.82) is 0 Å². The SMILES string of the molecule is CN(Cc1nnc(C2CC2)n1C)C(=O)[C@H]1C[C@@H]1c1ccccc1. The van der Waals surface area contributed by atoms with Crippen LogP contribution in [0.3, 0.4) is 0 Å². The molecule has 2 atom stereocenters. The molecule has 1 aromatic heterocycles. The first-order chi connectivity index (χ1) is 11.1. The lowest BCUT2D eigenvalue weighted by atomic mass is 10.1. The van der Waals surface area contributed by atoms with Crippen molar-refractivity contribution in [2.75, 3.05) is 7.05 Å². The third-order valence-electron chi connectivity index (χ3n) is 5.03. The highest BCUT2D eigenvalue weighted by atomic mass is 16.2. The van der Waals surface area contributed by atoms with Gasteiger partial charge in [-0.2, -0.15) is 0 Å². The van der Waals surface area contributed by atoms with Crippen LogP contribution in [0, 0.1) is 5.92 Å². The maximum atomic E-state index is 12.6. The minimum atomic E-state index is 0.124. The van der Waals surface area contributed by atoms with E-state index in [9.17, 15) is 4.79 Å². The van der Waals surface area contributed by atoms with E-state index in [1.54, 1.807) is 4.90 Å². The van der Waals surface area contributed by atoms with Crippen molar-refractivity contribution in [2.45, 2.75) is 37.6 Å². The largest absolute Gasteiger partial charge is 0.338 e. The van der Waals surface area contributed by atoms with Crippen LogP contribution >= 0.6 is 0 Å². The van der Waals surface area contributed by atoms with Gasteiger partial charge < -0.3 is 9.47 Å². The molecule has 0 spiro atoms. The molecule has 1 amide bonds. The molecule has 4 rings (SSSR count). The van der Waals surface area contributed by atoms with Gasteiger partial charge in [-0.1, -0.05) is 30.3 Å². The van der Waals surface area contributed by atoms with E-state index in [1.165, 1.54) is 18.4 Å². The minimum Gasteiger partial charge on any atom is -0.338 e. The van der Waals surface area contributed by atoms with Gasteiger partial charge in [-0.05, 0) is 30.7 Å². The van der Waals surface area contributed by atoms with Gasteiger partial charge in [-0.3, -0.25) is 4.79 Å². The van der Waals surface area contributed by atoms with Crippen LogP contribution in [0.2, 0.25) is 0 Å². The first-order valence-electron chi connectivity index (χ1n) is 8.33. The first-order valence-corrected chi connectivity index (χ1v) is 8.33. The predicted octanol–water partition coefficient (Wildman–Crippen LogP) is 2.45. The zero-order valence-corrected chi connectivity index (χ0v) is 13.6. The number of carbonyl (C=O) groups excluding carboxylic acids is 1. The summed E-state index contributed by atoms with van der Waals surface area (Å²) in [5.74, 6) is 3.24. The van der Waals surface area contributed by atoms with Crippen LogP contribution in [-0.4, -0.2) is 32.6 Å². The molecule has 1 aromatic carbocycles. The summed E-state index contributed by atoms with van der Waals surface area (Å²) in [6, 6.07) is 10.3. The Morgan fingerprint density at radius 3 is 2.70 bits per heavy atom. The number of aromatic nitrogens is 3. The van der Waals surface area contributed by atoms with Crippen LogP contribution in [0.15, 0.2) is 30.3 Å². The molecule has 0 bridgehead atoms. The Morgan fingerprint density at radius 2 is 2.00 bits per heavy atom. The van der Waals surface area contributed by atoms with Crippen molar-refractivity contribution in [1.82, 2.24) is 19.7 Å². The molecule has 0 saturated heterocycles. The van der Waals surface area contributed by atoms with Gasteiger partial charge >= 0.3 is 0 Å². The van der Waals surface area contributed by atoms with Crippen molar-refractivity contribution in [2.24, 2.45) is 13.0 Å². The van der Waals surface area contributed by atoms with Gasteiger partial charge in [0.2, 0.25) is 5.91 Å². The second-order valence-corrected chi connectivity index (χ2v) is 6.86. The Balaban J connectivity index is 1.40. The van der Waals surface area contributed by atoms with Gasteiger partial charge in [0.25, 0.3) is 0 Å². The number of hydrogen-bond acceptors (Lipinski definition) is 3. The highest BCUT2D eigenvalue weighted by molar-refractivity contribution is 5.82. The van der Waals surface area contributed by atoms with Crippen molar-refractivity contribution in [3.05, 3.63) is 47.5 Å². The molecule has 2 aliphatic carbocycles. The van der Waals surface area contributed by atoms with Crippen molar-refractivity contribution >= 4 is 5.91 Å². The first kappa shape index (κ1) is 14.4. The molecule has 5 heteroatoms.